The van der Waals surface area contributed by atoms with E-state index < -0.39 is 34.6 Å². The molecule has 9 nitrogen and oxygen atoms in total. The molecular formula is C17H17N2NaO7S2. The quantitative estimate of drug-likeness (QED) is 0.256. The van der Waals surface area contributed by atoms with Gasteiger partial charge in [-0.15, -0.1) is 11.3 Å². The minimum Gasteiger partial charge on any atom is -0.543 e. The zero-order valence-corrected chi connectivity index (χ0v) is 19.7. The number of aliphatic carboxylic acids is 1. The third kappa shape index (κ3) is 4.54. The van der Waals surface area contributed by atoms with Gasteiger partial charge in [0.25, 0.3) is 5.91 Å². The fourth-order valence-electron chi connectivity index (χ4n) is 3.07. The molecular weight excluding hydrogens is 431 g/mol. The van der Waals surface area contributed by atoms with E-state index in [0.717, 1.165) is 21.5 Å². The van der Waals surface area contributed by atoms with Crippen LogP contribution in [0, 0.1) is 0 Å². The summed E-state index contributed by atoms with van der Waals surface area (Å²) in [4.78, 5) is 49.5. The molecule has 29 heavy (non-hydrogen) atoms. The molecule has 2 aliphatic heterocycles. The predicted octanol–water partition coefficient (Wildman–Crippen LogP) is -3.76. The summed E-state index contributed by atoms with van der Waals surface area (Å²) in [5, 5.41) is 14.8. The van der Waals surface area contributed by atoms with E-state index in [1.165, 1.54) is 25.4 Å². The van der Waals surface area contributed by atoms with Crippen molar-refractivity contribution < 1.29 is 63.3 Å². The molecule has 1 aromatic heterocycles. The number of nitrogens with zero attached hydrogens (tertiary/aromatic N) is 1. The number of fused-ring (bicyclic) bond motifs is 1. The number of methoxy groups -OCH3 is 1. The second kappa shape index (κ2) is 9.63. The van der Waals surface area contributed by atoms with Crippen molar-refractivity contribution in [3.8, 4) is 0 Å². The maximum atomic E-state index is 12.7. The molecule has 0 spiro atoms. The van der Waals surface area contributed by atoms with Crippen LogP contribution in [0.25, 0.3) is 0 Å². The Morgan fingerprint density at radius 3 is 2.69 bits per heavy atom. The smallest absolute Gasteiger partial charge is 0.543 e. The van der Waals surface area contributed by atoms with Gasteiger partial charge in [0.15, 0.2) is 6.04 Å². The molecule has 1 fully saturated rings. The summed E-state index contributed by atoms with van der Waals surface area (Å²) in [6.07, 6.45) is 0.104. The third-order valence-corrected chi connectivity index (χ3v) is 6.68. The summed E-state index contributed by atoms with van der Waals surface area (Å²) in [6, 6.07) is 2.58. The number of β-lactam (4-membered cyclic amide) rings is 1. The molecule has 2 atom stereocenters. The van der Waals surface area contributed by atoms with Crippen LogP contribution in [0.4, 0.5) is 0 Å². The number of carboxylic acid groups (broad SMARTS) is 1. The van der Waals surface area contributed by atoms with Crippen LogP contribution in [-0.4, -0.2) is 59.2 Å². The monoisotopic (exact) mass is 448 g/mol. The number of hydrogen-bond donors (Lipinski definition) is 1. The standard InChI is InChI=1S/C17H18N2O7S2.Na/c1-9(20)26-7-10-8-28-17(25-2)14(15(22)19(17)13(10)16(23)24)18-12(21)6-11-4-3-5-27-11;/h3-5,14H,6-8H2,1-2H3,(H,18,21)(H,23,24);/q;+1/p-1. The SMILES string of the molecule is COC12SCC(COC(C)=O)=C(C(=O)[O-])N1C(=O)C2NC(=O)Cc1cccs1.[Na+]. The van der Waals surface area contributed by atoms with Crippen molar-refractivity contribution in [2.24, 2.45) is 0 Å². The Morgan fingerprint density at radius 1 is 1.41 bits per heavy atom. The van der Waals surface area contributed by atoms with Gasteiger partial charge in [-0.3, -0.25) is 19.3 Å². The van der Waals surface area contributed by atoms with E-state index in [0.29, 0.717) is 0 Å². The zero-order chi connectivity index (χ0) is 20.5. The van der Waals surface area contributed by atoms with Gasteiger partial charge in [0.2, 0.25) is 11.0 Å². The Balaban J connectivity index is 0.00000300. The number of thiophene rings is 1. The van der Waals surface area contributed by atoms with Crippen molar-refractivity contribution >= 4 is 46.9 Å². The Bertz CT molecular complexity index is 858. The van der Waals surface area contributed by atoms with Crippen LogP contribution in [0.1, 0.15) is 11.8 Å². The summed E-state index contributed by atoms with van der Waals surface area (Å²) in [7, 11) is 1.33. The van der Waals surface area contributed by atoms with Crippen molar-refractivity contribution in [2.75, 3.05) is 19.5 Å². The van der Waals surface area contributed by atoms with E-state index in [9.17, 15) is 24.3 Å². The second-order valence-corrected chi connectivity index (χ2v) is 8.27. The number of nitrogens with one attached hydrogen (secondary N) is 1. The predicted molar refractivity (Wildman–Crippen MR) is 97.7 cm³/mol. The number of carbonyl (C=O) groups is 4. The molecule has 12 heteroatoms. The van der Waals surface area contributed by atoms with Gasteiger partial charge in [0, 0.05) is 30.2 Å². The summed E-state index contributed by atoms with van der Waals surface area (Å²) >= 11 is 2.55. The van der Waals surface area contributed by atoms with E-state index >= 15 is 0 Å². The first-order valence-corrected chi connectivity index (χ1v) is 10.1. The van der Waals surface area contributed by atoms with Crippen molar-refractivity contribution in [3.63, 3.8) is 0 Å². The van der Waals surface area contributed by atoms with Crippen molar-refractivity contribution in [3.05, 3.63) is 33.7 Å². The third-order valence-electron chi connectivity index (χ3n) is 4.31. The van der Waals surface area contributed by atoms with Gasteiger partial charge in [-0.2, -0.15) is 0 Å². The van der Waals surface area contributed by atoms with Gasteiger partial charge >= 0.3 is 35.5 Å². The van der Waals surface area contributed by atoms with Crippen molar-refractivity contribution in [1.82, 2.24) is 10.2 Å². The molecule has 0 bridgehead atoms. The average Bonchev–Trinajstić information content (AvgIpc) is 3.15. The molecule has 1 saturated heterocycles. The van der Waals surface area contributed by atoms with Gasteiger partial charge in [-0.05, 0) is 11.4 Å². The van der Waals surface area contributed by atoms with Gasteiger partial charge in [0.1, 0.15) is 6.61 Å². The van der Waals surface area contributed by atoms with Crippen LogP contribution >= 0.6 is 23.1 Å². The van der Waals surface area contributed by atoms with E-state index in [1.54, 1.807) is 6.07 Å². The normalized spacial score (nSPS) is 22.9. The largest absolute Gasteiger partial charge is 1.00 e. The Kier molecular flexibility index (Phi) is 7.93. The number of hydrogen-bond acceptors (Lipinski definition) is 9. The molecule has 2 amide bonds. The first-order valence-electron chi connectivity index (χ1n) is 8.21. The summed E-state index contributed by atoms with van der Waals surface area (Å²) in [5.41, 5.74) is -0.166. The van der Waals surface area contributed by atoms with E-state index in [4.69, 9.17) is 9.47 Å². The number of carboxylic acids is 1. The molecule has 0 aromatic carbocycles. The Hall–Kier alpha value is -1.37. The molecule has 0 saturated carbocycles. The molecule has 1 aromatic rings. The van der Waals surface area contributed by atoms with Crippen molar-refractivity contribution in [2.45, 2.75) is 24.4 Å². The van der Waals surface area contributed by atoms with Crippen LogP contribution in [0.3, 0.4) is 0 Å². The molecule has 2 unspecified atom stereocenters. The first kappa shape index (κ1) is 23.9. The molecule has 0 aliphatic carbocycles. The minimum atomic E-state index is -1.58. The number of rotatable bonds is 7. The number of carbonyl (C=O) groups excluding carboxylic acids is 4. The summed E-state index contributed by atoms with van der Waals surface area (Å²) in [5.74, 6) is -3.03. The van der Waals surface area contributed by atoms with Gasteiger partial charge in [-0.25, -0.2) is 0 Å². The number of amides is 2. The van der Waals surface area contributed by atoms with Crippen LogP contribution in [0.15, 0.2) is 28.8 Å². The minimum absolute atomic E-state index is 0. The second-order valence-electron chi connectivity index (χ2n) is 6.07. The van der Waals surface area contributed by atoms with Gasteiger partial charge < -0.3 is 24.7 Å². The van der Waals surface area contributed by atoms with Gasteiger partial charge in [-0.1, -0.05) is 17.8 Å². The molecule has 150 valence electrons. The number of esters is 1. The van der Waals surface area contributed by atoms with Crippen LogP contribution in [0.5, 0.6) is 0 Å². The van der Waals surface area contributed by atoms with E-state index in [2.05, 4.69) is 5.32 Å². The summed E-state index contributed by atoms with van der Waals surface area (Å²) in [6.45, 7) is 0.924. The summed E-state index contributed by atoms with van der Waals surface area (Å²) < 4.78 is 10.3. The van der Waals surface area contributed by atoms with Crippen molar-refractivity contribution in [1.29, 1.82) is 0 Å². The van der Waals surface area contributed by atoms with Crippen LogP contribution < -0.4 is 40.0 Å². The Labute approximate surface area is 197 Å². The average molecular weight is 448 g/mol. The first-order chi connectivity index (χ1) is 13.3. The number of ether oxygens (including phenoxy) is 2. The topological polar surface area (TPSA) is 125 Å². The fourth-order valence-corrected chi connectivity index (χ4v) is 5.13. The Morgan fingerprint density at radius 2 is 2.14 bits per heavy atom. The van der Waals surface area contributed by atoms with Gasteiger partial charge in [0.05, 0.1) is 18.1 Å². The molecule has 1 N–H and O–H groups in total. The van der Waals surface area contributed by atoms with E-state index in [1.807, 2.05) is 11.4 Å². The van der Waals surface area contributed by atoms with E-state index in [-0.39, 0.29) is 59.8 Å². The van der Waals surface area contributed by atoms with Crippen LogP contribution in [0.2, 0.25) is 0 Å². The molecule has 3 heterocycles. The fraction of sp³-hybridized carbons (Fsp3) is 0.412. The molecule has 0 radical (unpaired) electrons. The maximum Gasteiger partial charge on any atom is 1.00 e. The van der Waals surface area contributed by atoms with Crippen LogP contribution in [-0.2, 0) is 35.1 Å². The number of thioether (sulfide) groups is 1. The maximum absolute atomic E-state index is 12.7. The molecule has 3 rings (SSSR count). The molecule has 2 aliphatic rings. The zero-order valence-electron chi connectivity index (χ0n) is 16.1.